The number of hydrogen-bond acceptors (Lipinski definition) is 1. The number of benzene rings is 1. The Hall–Kier alpha value is -1.24. The monoisotopic (exact) mass is 220 g/mol. The second kappa shape index (κ2) is 11.8. The second-order valence-electron chi connectivity index (χ2n) is 3.83. The maximum Gasteiger partial charge on any atom is 0.115 e. The van der Waals surface area contributed by atoms with Crippen LogP contribution < -0.4 is 0 Å². The first kappa shape index (κ1) is 14.8. The molecule has 0 heterocycles. The number of allylic oxidation sites excluding steroid dienone is 1. The first-order valence-corrected chi connectivity index (χ1v) is 6.16. The topological polar surface area (TPSA) is 20.2 Å². The van der Waals surface area contributed by atoms with E-state index in [1.165, 1.54) is 38.5 Å². The van der Waals surface area contributed by atoms with Crippen molar-refractivity contribution in [3.63, 3.8) is 0 Å². The summed E-state index contributed by atoms with van der Waals surface area (Å²) in [6.07, 6.45) is 10.1. The van der Waals surface area contributed by atoms with Crippen molar-refractivity contribution < 1.29 is 5.11 Å². The first-order chi connectivity index (χ1) is 7.81. The zero-order valence-corrected chi connectivity index (χ0v) is 10.4. The lowest BCUT2D eigenvalue weighted by Crippen LogP contribution is -1.74. The van der Waals surface area contributed by atoms with Gasteiger partial charge in [-0.25, -0.2) is 0 Å². The molecule has 1 N–H and O–H groups in total. The van der Waals surface area contributed by atoms with Crippen LogP contribution in [0.4, 0.5) is 0 Å². The maximum atomic E-state index is 8.63. The van der Waals surface area contributed by atoms with Gasteiger partial charge in [-0.2, -0.15) is 0 Å². The van der Waals surface area contributed by atoms with Gasteiger partial charge in [0, 0.05) is 0 Å². The van der Waals surface area contributed by atoms with Crippen LogP contribution in [-0.2, 0) is 0 Å². The molecule has 0 atom stereocenters. The van der Waals surface area contributed by atoms with Gasteiger partial charge >= 0.3 is 0 Å². The highest BCUT2D eigenvalue weighted by molar-refractivity contribution is 5.18. The van der Waals surface area contributed by atoms with Gasteiger partial charge in [-0.15, -0.1) is 6.58 Å². The molecular formula is C15H24O. The number of phenolic OH excluding ortho intramolecular Hbond substituents is 1. The fourth-order valence-corrected chi connectivity index (χ4v) is 1.32. The van der Waals surface area contributed by atoms with Gasteiger partial charge in [0.25, 0.3) is 0 Å². The number of rotatable bonds is 6. The van der Waals surface area contributed by atoms with E-state index in [-0.39, 0.29) is 0 Å². The summed E-state index contributed by atoms with van der Waals surface area (Å²) in [5.74, 6) is 0.322. The lowest BCUT2D eigenvalue weighted by Gasteiger charge is -1.94. The van der Waals surface area contributed by atoms with Crippen molar-refractivity contribution in [2.45, 2.75) is 45.4 Å². The third-order valence-electron chi connectivity index (χ3n) is 2.27. The smallest absolute Gasteiger partial charge is 0.115 e. The van der Waals surface area contributed by atoms with Crippen molar-refractivity contribution in [2.24, 2.45) is 0 Å². The van der Waals surface area contributed by atoms with Gasteiger partial charge in [0.05, 0.1) is 0 Å². The Morgan fingerprint density at radius 3 is 2.12 bits per heavy atom. The molecule has 0 aliphatic rings. The molecule has 0 radical (unpaired) electrons. The van der Waals surface area contributed by atoms with Crippen LogP contribution in [0.25, 0.3) is 0 Å². The maximum absolute atomic E-state index is 8.63. The third kappa shape index (κ3) is 10.8. The van der Waals surface area contributed by atoms with Crippen molar-refractivity contribution >= 4 is 0 Å². The van der Waals surface area contributed by atoms with Crippen LogP contribution in [0.5, 0.6) is 5.75 Å². The average Bonchev–Trinajstić information content (AvgIpc) is 2.31. The summed E-state index contributed by atoms with van der Waals surface area (Å²) in [6, 6.07) is 8.71. The van der Waals surface area contributed by atoms with Crippen LogP contribution in [0.3, 0.4) is 0 Å². The molecule has 1 nitrogen and oxygen atoms in total. The summed E-state index contributed by atoms with van der Waals surface area (Å²) in [7, 11) is 0. The minimum absolute atomic E-state index is 0.322. The molecule has 0 bridgehead atoms. The van der Waals surface area contributed by atoms with E-state index in [0.717, 1.165) is 0 Å². The summed E-state index contributed by atoms with van der Waals surface area (Å²) in [6.45, 7) is 5.92. The summed E-state index contributed by atoms with van der Waals surface area (Å²) in [4.78, 5) is 0. The van der Waals surface area contributed by atoms with E-state index in [1.54, 1.807) is 24.3 Å². The van der Waals surface area contributed by atoms with E-state index in [9.17, 15) is 0 Å². The Labute approximate surface area is 99.8 Å². The summed E-state index contributed by atoms with van der Waals surface area (Å²) in [5, 5.41) is 8.63. The predicted molar refractivity (Wildman–Crippen MR) is 71.7 cm³/mol. The fraction of sp³-hybridized carbons (Fsp3) is 0.467. The Kier molecular flexibility index (Phi) is 10.9. The largest absolute Gasteiger partial charge is 0.508 e. The Bertz CT molecular complexity index is 241. The summed E-state index contributed by atoms with van der Waals surface area (Å²) in [5.41, 5.74) is 0. The number of phenols is 1. The minimum Gasteiger partial charge on any atom is -0.508 e. The number of para-hydroxylation sites is 1. The summed E-state index contributed by atoms with van der Waals surface area (Å²) < 4.78 is 0. The number of hydrogen-bond donors (Lipinski definition) is 1. The molecule has 90 valence electrons. The molecule has 0 saturated carbocycles. The molecule has 0 aliphatic carbocycles. The zero-order chi connectivity index (χ0) is 12.1. The van der Waals surface area contributed by atoms with E-state index in [2.05, 4.69) is 13.5 Å². The van der Waals surface area contributed by atoms with E-state index < -0.39 is 0 Å². The molecule has 0 spiro atoms. The molecule has 0 aromatic heterocycles. The molecule has 1 aromatic carbocycles. The van der Waals surface area contributed by atoms with Crippen LogP contribution in [0.15, 0.2) is 43.0 Å². The quantitative estimate of drug-likeness (QED) is 0.532. The highest BCUT2D eigenvalue weighted by atomic mass is 16.3. The molecule has 1 aromatic rings. The van der Waals surface area contributed by atoms with Gasteiger partial charge in [0.2, 0.25) is 0 Å². The highest BCUT2D eigenvalue weighted by Gasteiger charge is 1.84. The standard InChI is InChI=1S/C9H18.C6H6O/c1-3-5-7-9-8-6-4-2;7-6-4-2-1-3-5-6/h3H,1,4-9H2,2H3;1-5,7H. The molecule has 0 fully saturated rings. The molecule has 0 amide bonds. The lowest BCUT2D eigenvalue weighted by atomic mass is 10.1. The second-order valence-corrected chi connectivity index (χ2v) is 3.83. The Balaban J connectivity index is 0.000000288. The molecule has 0 unspecified atom stereocenters. The van der Waals surface area contributed by atoms with Crippen LogP contribution in [-0.4, -0.2) is 5.11 Å². The van der Waals surface area contributed by atoms with E-state index in [1.807, 2.05) is 12.1 Å². The molecular weight excluding hydrogens is 196 g/mol. The molecule has 16 heavy (non-hydrogen) atoms. The molecule has 1 heteroatoms. The molecule has 0 saturated heterocycles. The van der Waals surface area contributed by atoms with Crippen LogP contribution >= 0.6 is 0 Å². The van der Waals surface area contributed by atoms with Crippen LogP contribution in [0.1, 0.15) is 45.4 Å². The lowest BCUT2D eigenvalue weighted by molar-refractivity contribution is 0.475. The number of unbranched alkanes of at least 4 members (excludes halogenated alkanes) is 5. The van der Waals surface area contributed by atoms with Gasteiger partial charge in [-0.3, -0.25) is 0 Å². The van der Waals surface area contributed by atoms with Crippen molar-refractivity contribution in [1.29, 1.82) is 0 Å². The first-order valence-electron chi connectivity index (χ1n) is 6.16. The van der Waals surface area contributed by atoms with Gasteiger partial charge in [-0.05, 0) is 25.0 Å². The van der Waals surface area contributed by atoms with E-state index >= 15 is 0 Å². The average molecular weight is 220 g/mol. The fourth-order valence-electron chi connectivity index (χ4n) is 1.32. The van der Waals surface area contributed by atoms with Crippen molar-refractivity contribution in [1.82, 2.24) is 0 Å². The van der Waals surface area contributed by atoms with Crippen molar-refractivity contribution in [2.75, 3.05) is 0 Å². The van der Waals surface area contributed by atoms with Crippen LogP contribution in [0, 0.1) is 0 Å². The van der Waals surface area contributed by atoms with Gasteiger partial charge in [0.1, 0.15) is 5.75 Å². The number of aromatic hydroxyl groups is 1. The Morgan fingerprint density at radius 1 is 1.06 bits per heavy atom. The summed E-state index contributed by atoms with van der Waals surface area (Å²) >= 11 is 0. The zero-order valence-electron chi connectivity index (χ0n) is 10.4. The van der Waals surface area contributed by atoms with Crippen molar-refractivity contribution in [3.8, 4) is 5.75 Å². The van der Waals surface area contributed by atoms with Crippen LogP contribution in [0.2, 0.25) is 0 Å². The highest BCUT2D eigenvalue weighted by Crippen LogP contribution is 2.04. The SMILES string of the molecule is C=CCCCCCCC.Oc1ccccc1. The van der Waals surface area contributed by atoms with Gasteiger partial charge in [0.15, 0.2) is 0 Å². The van der Waals surface area contributed by atoms with Gasteiger partial charge in [-0.1, -0.05) is 56.9 Å². The van der Waals surface area contributed by atoms with Crippen molar-refractivity contribution in [3.05, 3.63) is 43.0 Å². The Morgan fingerprint density at radius 2 is 1.69 bits per heavy atom. The van der Waals surface area contributed by atoms with Gasteiger partial charge < -0.3 is 5.11 Å². The molecule has 1 rings (SSSR count). The van der Waals surface area contributed by atoms with E-state index in [4.69, 9.17) is 5.11 Å². The molecule has 0 aliphatic heterocycles. The third-order valence-corrected chi connectivity index (χ3v) is 2.27. The van der Waals surface area contributed by atoms with E-state index in [0.29, 0.717) is 5.75 Å². The predicted octanol–water partition coefficient (Wildman–Crippen LogP) is 4.93. The minimum atomic E-state index is 0.322. The normalized spacial score (nSPS) is 9.06.